The van der Waals surface area contributed by atoms with Crippen LogP contribution in [0.3, 0.4) is 0 Å². The number of carbonyl (C=O) groups excluding carboxylic acids is 2. The fourth-order valence-electron chi connectivity index (χ4n) is 2.97. The average molecular weight is 399 g/mol. The second kappa shape index (κ2) is 8.84. The Kier molecular flexibility index (Phi) is 6.26. The standard InChI is InChI=1S/C21H21NO5S/c1-4-26-20(23)18(21(24)27-5-2)13-9-8-11-15(25-3)17(13)19-22-14-10-6-7-12-16(14)28-19/h6-12,18H,4-5H2,1-3H3. The number of para-hydroxylation sites is 1. The largest absolute Gasteiger partial charge is 0.496 e. The Morgan fingerprint density at radius 2 is 1.68 bits per heavy atom. The van der Waals surface area contributed by atoms with Gasteiger partial charge in [-0.25, -0.2) is 4.98 Å². The lowest BCUT2D eigenvalue weighted by Gasteiger charge is -2.19. The monoisotopic (exact) mass is 399 g/mol. The van der Waals surface area contributed by atoms with Crippen molar-refractivity contribution < 1.29 is 23.8 Å². The number of nitrogens with zero attached hydrogens (tertiary/aromatic N) is 1. The van der Waals surface area contributed by atoms with E-state index in [-0.39, 0.29) is 13.2 Å². The zero-order valence-electron chi connectivity index (χ0n) is 15.9. The minimum atomic E-state index is -1.21. The first-order valence-electron chi connectivity index (χ1n) is 8.96. The van der Waals surface area contributed by atoms with Crippen molar-refractivity contribution in [1.29, 1.82) is 0 Å². The first-order valence-corrected chi connectivity index (χ1v) is 9.78. The van der Waals surface area contributed by atoms with Gasteiger partial charge in [0, 0.05) is 0 Å². The quantitative estimate of drug-likeness (QED) is 0.438. The number of ether oxygens (including phenoxy) is 3. The summed E-state index contributed by atoms with van der Waals surface area (Å²) < 4.78 is 16.8. The molecule has 3 aromatic rings. The Morgan fingerprint density at radius 3 is 2.29 bits per heavy atom. The Morgan fingerprint density at radius 1 is 1.00 bits per heavy atom. The summed E-state index contributed by atoms with van der Waals surface area (Å²) in [5.74, 6) is -2.00. The molecular weight excluding hydrogens is 378 g/mol. The van der Waals surface area contributed by atoms with Crippen LogP contribution in [-0.2, 0) is 19.1 Å². The van der Waals surface area contributed by atoms with E-state index < -0.39 is 17.9 Å². The van der Waals surface area contributed by atoms with Crippen molar-refractivity contribution in [3.63, 3.8) is 0 Å². The van der Waals surface area contributed by atoms with Gasteiger partial charge in [-0.3, -0.25) is 9.59 Å². The summed E-state index contributed by atoms with van der Waals surface area (Å²) >= 11 is 1.47. The van der Waals surface area contributed by atoms with Crippen molar-refractivity contribution in [2.24, 2.45) is 0 Å². The topological polar surface area (TPSA) is 74.7 Å². The maximum absolute atomic E-state index is 12.6. The predicted molar refractivity (Wildman–Crippen MR) is 108 cm³/mol. The number of hydrogen-bond donors (Lipinski definition) is 0. The molecule has 146 valence electrons. The van der Waals surface area contributed by atoms with Gasteiger partial charge in [0.15, 0.2) is 5.92 Å². The Hall–Kier alpha value is -2.93. The van der Waals surface area contributed by atoms with Crippen molar-refractivity contribution in [3.8, 4) is 16.3 Å². The number of fused-ring (bicyclic) bond motifs is 1. The minimum absolute atomic E-state index is 0.162. The lowest BCUT2D eigenvalue weighted by Crippen LogP contribution is -2.26. The molecule has 0 amide bonds. The van der Waals surface area contributed by atoms with Crippen LogP contribution in [0.4, 0.5) is 0 Å². The Balaban J connectivity index is 2.21. The molecule has 0 saturated carbocycles. The van der Waals surface area contributed by atoms with Crippen molar-refractivity contribution in [1.82, 2.24) is 4.98 Å². The lowest BCUT2D eigenvalue weighted by atomic mass is 9.93. The summed E-state index contributed by atoms with van der Waals surface area (Å²) in [6, 6.07) is 13.0. The molecular formula is C21H21NO5S. The van der Waals surface area contributed by atoms with Gasteiger partial charge < -0.3 is 14.2 Å². The molecule has 0 spiro atoms. The molecule has 0 bridgehead atoms. The molecule has 28 heavy (non-hydrogen) atoms. The fraction of sp³-hybridized carbons (Fsp3) is 0.286. The normalized spacial score (nSPS) is 10.9. The zero-order valence-corrected chi connectivity index (χ0v) is 16.7. The van der Waals surface area contributed by atoms with E-state index >= 15 is 0 Å². The van der Waals surface area contributed by atoms with Crippen molar-refractivity contribution in [2.75, 3.05) is 20.3 Å². The molecule has 3 rings (SSSR count). The summed E-state index contributed by atoms with van der Waals surface area (Å²) in [5, 5.41) is 0.659. The molecule has 0 saturated heterocycles. The van der Waals surface area contributed by atoms with Crippen molar-refractivity contribution in [2.45, 2.75) is 19.8 Å². The van der Waals surface area contributed by atoms with Gasteiger partial charge in [0.05, 0.1) is 36.1 Å². The number of rotatable bonds is 7. The number of esters is 2. The number of carbonyl (C=O) groups is 2. The predicted octanol–water partition coefficient (Wildman–Crippen LogP) is 4.18. The smallest absolute Gasteiger partial charge is 0.324 e. The lowest BCUT2D eigenvalue weighted by molar-refractivity contribution is -0.156. The minimum Gasteiger partial charge on any atom is -0.496 e. The molecule has 1 aromatic heterocycles. The molecule has 0 unspecified atom stereocenters. The highest BCUT2D eigenvalue weighted by atomic mass is 32.1. The van der Waals surface area contributed by atoms with Crippen LogP contribution in [0.1, 0.15) is 25.3 Å². The maximum Gasteiger partial charge on any atom is 0.324 e. The van der Waals surface area contributed by atoms with E-state index in [4.69, 9.17) is 14.2 Å². The van der Waals surface area contributed by atoms with Crippen molar-refractivity contribution in [3.05, 3.63) is 48.0 Å². The summed E-state index contributed by atoms with van der Waals surface area (Å²) in [4.78, 5) is 29.9. The number of hydrogen-bond acceptors (Lipinski definition) is 7. The van der Waals surface area contributed by atoms with Gasteiger partial charge in [-0.05, 0) is 37.6 Å². The number of benzene rings is 2. The van der Waals surface area contributed by atoms with E-state index in [2.05, 4.69) is 4.98 Å². The second-order valence-electron chi connectivity index (χ2n) is 5.85. The van der Waals surface area contributed by atoms with Gasteiger partial charge in [0.2, 0.25) is 0 Å². The summed E-state index contributed by atoms with van der Waals surface area (Å²) in [7, 11) is 1.54. The van der Waals surface area contributed by atoms with E-state index in [0.717, 1.165) is 10.2 Å². The molecule has 0 fully saturated rings. The molecule has 0 aliphatic heterocycles. The summed E-state index contributed by atoms with van der Waals surface area (Å²) in [5.41, 5.74) is 1.88. The van der Waals surface area contributed by atoms with Gasteiger partial charge in [-0.2, -0.15) is 0 Å². The van der Waals surface area contributed by atoms with Gasteiger partial charge in [-0.1, -0.05) is 24.3 Å². The first kappa shape index (κ1) is 19.8. The van der Waals surface area contributed by atoms with Gasteiger partial charge in [-0.15, -0.1) is 11.3 Å². The van der Waals surface area contributed by atoms with E-state index in [1.54, 1.807) is 39.2 Å². The van der Waals surface area contributed by atoms with Crippen LogP contribution in [0.2, 0.25) is 0 Å². The third-order valence-electron chi connectivity index (χ3n) is 4.14. The maximum atomic E-state index is 12.6. The first-order chi connectivity index (χ1) is 13.6. The van der Waals surface area contributed by atoms with Crippen molar-refractivity contribution >= 4 is 33.5 Å². The highest BCUT2D eigenvalue weighted by Gasteiger charge is 2.35. The van der Waals surface area contributed by atoms with E-state index in [1.807, 2.05) is 24.3 Å². The number of methoxy groups -OCH3 is 1. The summed E-state index contributed by atoms with van der Waals surface area (Å²) in [6.45, 7) is 3.71. The average Bonchev–Trinajstić information content (AvgIpc) is 3.12. The highest BCUT2D eigenvalue weighted by Crippen LogP contribution is 2.41. The molecule has 7 heteroatoms. The second-order valence-corrected chi connectivity index (χ2v) is 6.88. The molecule has 0 aliphatic rings. The molecule has 0 atom stereocenters. The third-order valence-corrected chi connectivity index (χ3v) is 5.20. The Labute approximate surface area is 167 Å². The van der Waals surface area contributed by atoms with Gasteiger partial charge in [0.25, 0.3) is 0 Å². The van der Waals surface area contributed by atoms with Crippen LogP contribution in [0.5, 0.6) is 5.75 Å². The molecule has 1 heterocycles. The van der Waals surface area contributed by atoms with Crippen LogP contribution in [0.15, 0.2) is 42.5 Å². The van der Waals surface area contributed by atoms with Crippen LogP contribution in [-0.4, -0.2) is 37.2 Å². The molecule has 2 aromatic carbocycles. The van der Waals surface area contributed by atoms with Crippen LogP contribution >= 0.6 is 11.3 Å². The Bertz CT molecular complexity index is 946. The fourth-order valence-corrected chi connectivity index (χ4v) is 4.01. The zero-order chi connectivity index (χ0) is 20.1. The number of aromatic nitrogens is 1. The van der Waals surface area contributed by atoms with Crippen LogP contribution < -0.4 is 4.74 Å². The van der Waals surface area contributed by atoms with Gasteiger partial charge in [0.1, 0.15) is 10.8 Å². The van der Waals surface area contributed by atoms with E-state index in [9.17, 15) is 9.59 Å². The molecule has 0 radical (unpaired) electrons. The van der Waals surface area contributed by atoms with Gasteiger partial charge >= 0.3 is 11.9 Å². The number of thiazole rings is 1. The molecule has 6 nitrogen and oxygen atoms in total. The molecule has 0 N–H and O–H groups in total. The summed E-state index contributed by atoms with van der Waals surface area (Å²) in [6.07, 6.45) is 0. The highest BCUT2D eigenvalue weighted by molar-refractivity contribution is 7.21. The van der Waals surface area contributed by atoms with Crippen LogP contribution in [0.25, 0.3) is 20.8 Å². The van der Waals surface area contributed by atoms with Crippen LogP contribution in [0, 0.1) is 0 Å². The molecule has 0 aliphatic carbocycles. The van der Waals surface area contributed by atoms with E-state index in [0.29, 0.717) is 21.9 Å². The SMILES string of the molecule is CCOC(=O)C(C(=O)OCC)c1cccc(OC)c1-c1nc2ccccc2s1. The third kappa shape index (κ3) is 3.84. The van der Waals surface area contributed by atoms with E-state index in [1.165, 1.54) is 11.3 Å².